The molecule has 0 saturated carbocycles. The van der Waals surface area contributed by atoms with Crippen LogP contribution in [0.3, 0.4) is 0 Å². The van der Waals surface area contributed by atoms with Crippen LogP contribution in [0.15, 0.2) is 41.3 Å². The summed E-state index contributed by atoms with van der Waals surface area (Å²) in [5, 5.41) is 31.8. The van der Waals surface area contributed by atoms with Crippen molar-refractivity contribution in [2.75, 3.05) is 0 Å². The fourth-order valence-electron chi connectivity index (χ4n) is 2.13. The number of nitro benzene ring substituents is 1. The Morgan fingerprint density at radius 2 is 1.91 bits per heavy atom. The summed E-state index contributed by atoms with van der Waals surface area (Å²) in [4.78, 5) is 32.3. The van der Waals surface area contributed by atoms with Gasteiger partial charge in [-0.3, -0.25) is 25.0 Å². The molecule has 2 rings (SSSR count). The molecular weight excluding hydrogens is 306 g/mol. The van der Waals surface area contributed by atoms with Crippen molar-refractivity contribution >= 4 is 11.4 Å². The zero-order valence-corrected chi connectivity index (χ0v) is 12.1. The maximum Gasteiger partial charge on any atom is 0.288 e. The van der Waals surface area contributed by atoms with E-state index >= 15 is 0 Å². The van der Waals surface area contributed by atoms with Crippen molar-refractivity contribution in [1.82, 2.24) is 4.57 Å². The Hall–Kier alpha value is -3.07. The van der Waals surface area contributed by atoms with Gasteiger partial charge in [0.1, 0.15) is 0 Å². The van der Waals surface area contributed by atoms with Gasteiger partial charge in [0.25, 0.3) is 16.9 Å². The summed E-state index contributed by atoms with van der Waals surface area (Å²) in [5.74, 6) is 0. The van der Waals surface area contributed by atoms with Crippen molar-refractivity contribution < 1.29 is 15.0 Å². The van der Waals surface area contributed by atoms with Crippen LogP contribution in [0.2, 0.25) is 0 Å². The van der Waals surface area contributed by atoms with E-state index in [1.54, 1.807) is 0 Å². The minimum atomic E-state index is -1.21. The minimum absolute atomic E-state index is 0.191. The van der Waals surface area contributed by atoms with Crippen LogP contribution < -0.4 is 5.56 Å². The summed E-state index contributed by atoms with van der Waals surface area (Å²) in [6.07, 6.45) is -0.159. The van der Waals surface area contributed by atoms with Gasteiger partial charge in [-0.25, -0.2) is 0 Å². The number of aromatic nitrogens is 1. The molecule has 0 radical (unpaired) electrons. The molecule has 1 aromatic heterocycles. The molecule has 1 atom stereocenters. The normalized spacial score (nSPS) is 11.9. The molecule has 2 aromatic rings. The van der Waals surface area contributed by atoms with Crippen molar-refractivity contribution in [1.29, 1.82) is 0 Å². The minimum Gasteiger partial charge on any atom is -0.387 e. The smallest absolute Gasteiger partial charge is 0.288 e. The molecule has 0 bridgehead atoms. The number of aliphatic hydroxyl groups excluding tert-OH is 1. The summed E-state index contributed by atoms with van der Waals surface area (Å²) in [7, 11) is 0. The number of benzene rings is 1. The zero-order valence-electron chi connectivity index (χ0n) is 12.1. The third-order valence-corrected chi connectivity index (χ3v) is 3.34. The molecule has 0 aliphatic carbocycles. The Morgan fingerprint density at radius 1 is 1.22 bits per heavy atom. The van der Waals surface area contributed by atoms with Gasteiger partial charge in [-0.15, -0.1) is 0 Å². The number of pyridine rings is 1. The van der Waals surface area contributed by atoms with E-state index in [4.69, 9.17) is 0 Å². The van der Waals surface area contributed by atoms with E-state index in [9.17, 15) is 30.1 Å². The second kappa shape index (κ2) is 6.36. The molecule has 0 amide bonds. The van der Waals surface area contributed by atoms with Gasteiger partial charge in [0.05, 0.1) is 28.7 Å². The highest BCUT2D eigenvalue weighted by atomic mass is 16.6. The van der Waals surface area contributed by atoms with Crippen LogP contribution in [0, 0.1) is 27.2 Å². The molecule has 9 heteroatoms. The average Bonchev–Trinajstić information content (AvgIpc) is 2.49. The van der Waals surface area contributed by atoms with Crippen LogP contribution in [-0.2, 0) is 6.54 Å². The second-order valence-electron chi connectivity index (χ2n) is 4.96. The van der Waals surface area contributed by atoms with E-state index in [0.717, 1.165) is 16.8 Å². The highest BCUT2D eigenvalue weighted by Crippen LogP contribution is 2.21. The second-order valence-corrected chi connectivity index (χ2v) is 4.96. The van der Waals surface area contributed by atoms with E-state index in [1.165, 1.54) is 31.2 Å². The lowest BCUT2D eigenvalue weighted by Gasteiger charge is -2.13. The SMILES string of the molecule is Cc1cc(=O)n(CC(O)c2cccc([N+](=O)[O-])c2)cc1[N+](=O)[O-]. The first-order chi connectivity index (χ1) is 10.8. The number of non-ortho nitro benzene ring substituents is 1. The lowest BCUT2D eigenvalue weighted by atomic mass is 10.1. The highest BCUT2D eigenvalue weighted by Gasteiger charge is 2.17. The zero-order chi connectivity index (χ0) is 17.1. The van der Waals surface area contributed by atoms with Crippen LogP contribution in [0.25, 0.3) is 0 Å². The standard InChI is InChI=1S/C14H13N3O6/c1-9-5-14(19)15(7-12(9)17(22)23)8-13(18)10-3-2-4-11(6-10)16(20)21/h2-7,13,18H,8H2,1H3. The summed E-state index contributed by atoms with van der Waals surface area (Å²) >= 11 is 0. The quantitative estimate of drug-likeness (QED) is 0.659. The monoisotopic (exact) mass is 319 g/mol. The van der Waals surface area contributed by atoms with Crippen LogP contribution in [0.4, 0.5) is 11.4 Å². The molecule has 9 nitrogen and oxygen atoms in total. The number of aryl methyl sites for hydroxylation is 1. The largest absolute Gasteiger partial charge is 0.387 e. The Bertz CT molecular complexity index is 830. The van der Waals surface area contributed by atoms with E-state index < -0.39 is 21.5 Å². The van der Waals surface area contributed by atoms with Gasteiger partial charge in [-0.1, -0.05) is 12.1 Å². The number of hydrogen-bond acceptors (Lipinski definition) is 6. The number of hydrogen-bond donors (Lipinski definition) is 1. The van der Waals surface area contributed by atoms with Crippen molar-refractivity contribution in [2.24, 2.45) is 0 Å². The molecular formula is C14H13N3O6. The van der Waals surface area contributed by atoms with Gasteiger partial charge in [0.15, 0.2) is 0 Å². The first-order valence-electron chi connectivity index (χ1n) is 6.57. The molecule has 0 spiro atoms. The molecule has 0 saturated heterocycles. The summed E-state index contributed by atoms with van der Waals surface area (Å²) in [6, 6.07) is 6.47. The fourth-order valence-corrected chi connectivity index (χ4v) is 2.13. The molecule has 1 unspecified atom stereocenters. The first-order valence-corrected chi connectivity index (χ1v) is 6.57. The summed E-state index contributed by atoms with van der Waals surface area (Å²) in [6.45, 7) is 1.20. The number of nitro groups is 2. The van der Waals surface area contributed by atoms with Crippen LogP contribution in [0.5, 0.6) is 0 Å². The Kier molecular flexibility index (Phi) is 4.51. The van der Waals surface area contributed by atoms with E-state index in [-0.39, 0.29) is 29.0 Å². The molecule has 0 aliphatic heterocycles. The van der Waals surface area contributed by atoms with Gasteiger partial charge in [0.2, 0.25) is 0 Å². The Balaban J connectivity index is 2.33. The van der Waals surface area contributed by atoms with Crippen molar-refractivity contribution in [3.8, 4) is 0 Å². The van der Waals surface area contributed by atoms with Crippen LogP contribution in [0.1, 0.15) is 17.2 Å². The predicted octanol–water partition coefficient (Wildman–Crippen LogP) is 1.71. The summed E-state index contributed by atoms with van der Waals surface area (Å²) < 4.78 is 1.01. The summed E-state index contributed by atoms with van der Waals surface area (Å²) in [5.41, 5.74) is -0.465. The van der Waals surface area contributed by atoms with Crippen LogP contribution >= 0.6 is 0 Å². The topological polar surface area (TPSA) is 129 Å². The molecule has 23 heavy (non-hydrogen) atoms. The fraction of sp³-hybridized carbons (Fsp3) is 0.214. The molecule has 120 valence electrons. The van der Waals surface area contributed by atoms with Crippen molar-refractivity contribution in [3.63, 3.8) is 0 Å². The lowest BCUT2D eigenvalue weighted by Crippen LogP contribution is -2.23. The lowest BCUT2D eigenvalue weighted by molar-refractivity contribution is -0.386. The number of aliphatic hydroxyl groups is 1. The average molecular weight is 319 g/mol. The maximum atomic E-state index is 11.9. The van der Waals surface area contributed by atoms with Crippen molar-refractivity contribution in [3.05, 3.63) is 78.2 Å². The molecule has 0 fully saturated rings. The highest BCUT2D eigenvalue weighted by molar-refractivity contribution is 5.37. The molecule has 1 N–H and O–H groups in total. The Morgan fingerprint density at radius 3 is 2.52 bits per heavy atom. The van der Waals surface area contributed by atoms with Gasteiger partial charge in [0, 0.05) is 23.8 Å². The predicted molar refractivity (Wildman–Crippen MR) is 80.1 cm³/mol. The molecule has 1 aromatic carbocycles. The van der Waals surface area contributed by atoms with Gasteiger partial charge < -0.3 is 9.67 Å². The van der Waals surface area contributed by atoms with Crippen molar-refractivity contribution in [2.45, 2.75) is 19.6 Å². The number of rotatable bonds is 5. The van der Waals surface area contributed by atoms with Gasteiger partial charge in [-0.2, -0.15) is 0 Å². The van der Waals surface area contributed by atoms with E-state index in [0.29, 0.717) is 0 Å². The maximum absolute atomic E-state index is 11.9. The number of nitrogens with zero attached hydrogens (tertiary/aromatic N) is 3. The van der Waals surface area contributed by atoms with Gasteiger partial charge >= 0.3 is 0 Å². The third kappa shape index (κ3) is 3.58. The van der Waals surface area contributed by atoms with E-state index in [2.05, 4.69) is 0 Å². The third-order valence-electron chi connectivity index (χ3n) is 3.34. The molecule has 0 aliphatic rings. The molecule has 1 heterocycles. The first kappa shape index (κ1) is 16.3. The Labute approximate surface area is 129 Å². The van der Waals surface area contributed by atoms with Crippen LogP contribution in [-0.4, -0.2) is 19.5 Å². The van der Waals surface area contributed by atoms with Gasteiger partial charge in [-0.05, 0) is 12.5 Å². The van der Waals surface area contributed by atoms with E-state index in [1.807, 2.05) is 0 Å².